The second kappa shape index (κ2) is 4.65. The summed E-state index contributed by atoms with van der Waals surface area (Å²) in [4.78, 5) is 11.2. The van der Waals surface area contributed by atoms with Gasteiger partial charge in [0.15, 0.2) is 0 Å². The minimum atomic E-state index is -0.0250. The maximum absolute atomic E-state index is 11.2. The molecule has 0 saturated carbocycles. The molecule has 0 fully saturated rings. The second-order valence-corrected chi connectivity index (χ2v) is 3.03. The smallest absolute Gasteiger partial charge is 0.251 e. The van der Waals surface area contributed by atoms with Crippen molar-refractivity contribution in [2.24, 2.45) is 0 Å². The Morgan fingerprint density at radius 3 is 2.38 bits per heavy atom. The Kier molecular flexibility index (Phi) is 3.50. The van der Waals surface area contributed by atoms with Crippen LogP contribution in [0.15, 0.2) is 24.3 Å². The van der Waals surface area contributed by atoms with Gasteiger partial charge in [0.2, 0.25) is 0 Å². The summed E-state index contributed by atoms with van der Waals surface area (Å²) in [7, 11) is 1.64. The highest BCUT2D eigenvalue weighted by molar-refractivity contribution is 5.93. The fourth-order valence-electron chi connectivity index (χ4n) is 1.26. The molecule has 0 saturated heterocycles. The highest BCUT2D eigenvalue weighted by atomic mass is 16.1. The van der Waals surface area contributed by atoms with Crippen molar-refractivity contribution < 1.29 is 4.79 Å². The third-order valence-corrected chi connectivity index (χ3v) is 1.98. The normalized spacial score (nSPS) is 9.69. The van der Waals surface area contributed by atoms with E-state index in [0.29, 0.717) is 0 Å². The number of benzene rings is 1. The van der Waals surface area contributed by atoms with E-state index in [9.17, 15) is 4.79 Å². The average molecular weight is 177 g/mol. The molecule has 0 heterocycles. The van der Waals surface area contributed by atoms with Crippen molar-refractivity contribution >= 4 is 5.91 Å². The van der Waals surface area contributed by atoms with Crippen LogP contribution in [0.25, 0.3) is 0 Å². The number of aryl methyl sites for hydroxylation is 1. The van der Waals surface area contributed by atoms with Crippen LogP contribution in [0.1, 0.15) is 29.3 Å². The SMILES string of the molecule is CCCc1ccc(C(=O)NC)cc1. The summed E-state index contributed by atoms with van der Waals surface area (Å²) >= 11 is 0. The molecule has 2 heteroatoms. The van der Waals surface area contributed by atoms with E-state index in [1.807, 2.05) is 24.3 Å². The highest BCUT2D eigenvalue weighted by Gasteiger charge is 2.00. The third-order valence-electron chi connectivity index (χ3n) is 1.98. The van der Waals surface area contributed by atoms with Crippen molar-refractivity contribution in [1.29, 1.82) is 0 Å². The predicted octanol–water partition coefficient (Wildman–Crippen LogP) is 2.00. The number of carbonyl (C=O) groups is 1. The Balaban J connectivity index is 2.75. The molecule has 0 aliphatic carbocycles. The average Bonchev–Trinajstić information content (AvgIpc) is 2.18. The summed E-state index contributed by atoms with van der Waals surface area (Å²) in [5, 5.41) is 2.59. The van der Waals surface area contributed by atoms with E-state index < -0.39 is 0 Å². The van der Waals surface area contributed by atoms with E-state index in [4.69, 9.17) is 0 Å². The summed E-state index contributed by atoms with van der Waals surface area (Å²) in [6.07, 6.45) is 2.22. The van der Waals surface area contributed by atoms with Crippen LogP contribution in [0, 0.1) is 0 Å². The predicted molar refractivity (Wildman–Crippen MR) is 53.8 cm³/mol. The summed E-state index contributed by atoms with van der Waals surface area (Å²) in [5.41, 5.74) is 2.01. The first-order valence-electron chi connectivity index (χ1n) is 4.59. The van der Waals surface area contributed by atoms with E-state index in [1.165, 1.54) is 5.56 Å². The third kappa shape index (κ3) is 2.58. The fourth-order valence-corrected chi connectivity index (χ4v) is 1.26. The van der Waals surface area contributed by atoms with Gasteiger partial charge in [0.25, 0.3) is 5.91 Å². The zero-order chi connectivity index (χ0) is 9.68. The summed E-state index contributed by atoms with van der Waals surface area (Å²) in [6, 6.07) is 7.75. The van der Waals surface area contributed by atoms with Crippen molar-refractivity contribution in [3.8, 4) is 0 Å². The zero-order valence-electron chi connectivity index (χ0n) is 8.13. The van der Waals surface area contributed by atoms with Crippen LogP contribution in [-0.2, 0) is 6.42 Å². The van der Waals surface area contributed by atoms with Gasteiger partial charge in [0, 0.05) is 12.6 Å². The molecule has 0 spiro atoms. The fraction of sp³-hybridized carbons (Fsp3) is 0.364. The minimum Gasteiger partial charge on any atom is -0.355 e. The Bertz CT molecular complexity index is 277. The second-order valence-electron chi connectivity index (χ2n) is 3.03. The molecule has 0 bridgehead atoms. The van der Waals surface area contributed by atoms with Gasteiger partial charge in [0.1, 0.15) is 0 Å². The number of rotatable bonds is 3. The maximum atomic E-state index is 11.2. The molecule has 13 heavy (non-hydrogen) atoms. The van der Waals surface area contributed by atoms with E-state index in [0.717, 1.165) is 18.4 Å². The molecule has 0 aliphatic rings. The highest BCUT2D eigenvalue weighted by Crippen LogP contribution is 2.06. The molecule has 0 unspecified atom stereocenters. The van der Waals surface area contributed by atoms with E-state index >= 15 is 0 Å². The Labute approximate surface area is 79.0 Å². The number of nitrogens with one attached hydrogen (secondary N) is 1. The molecular weight excluding hydrogens is 162 g/mol. The van der Waals surface area contributed by atoms with Gasteiger partial charge in [-0.3, -0.25) is 4.79 Å². The van der Waals surface area contributed by atoms with Gasteiger partial charge < -0.3 is 5.32 Å². The number of amides is 1. The first-order valence-corrected chi connectivity index (χ1v) is 4.59. The van der Waals surface area contributed by atoms with E-state index in [1.54, 1.807) is 7.05 Å². The molecule has 70 valence electrons. The lowest BCUT2D eigenvalue weighted by atomic mass is 10.1. The summed E-state index contributed by atoms with van der Waals surface area (Å²) < 4.78 is 0. The summed E-state index contributed by atoms with van der Waals surface area (Å²) in [5.74, 6) is -0.0250. The monoisotopic (exact) mass is 177 g/mol. The van der Waals surface area contributed by atoms with Gasteiger partial charge in [-0.2, -0.15) is 0 Å². The molecule has 1 N–H and O–H groups in total. The lowest BCUT2D eigenvalue weighted by Crippen LogP contribution is -2.17. The Morgan fingerprint density at radius 1 is 1.31 bits per heavy atom. The van der Waals surface area contributed by atoms with Gasteiger partial charge in [-0.25, -0.2) is 0 Å². The maximum Gasteiger partial charge on any atom is 0.251 e. The number of hydrogen-bond acceptors (Lipinski definition) is 1. The van der Waals surface area contributed by atoms with Gasteiger partial charge in [-0.1, -0.05) is 25.5 Å². The minimum absolute atomic E-state index is 0.0250. The van der Waals surface area contributed by atoms with Crippen LogP contribution in [0.3, 0.4) is 0 Å². The van der Waals surface area contributed by atoms with Crippen molar-refractivity contribution in [1.82, 2.24) is 5.32 Å². The molecule has 2 nitrogen and oxygen atoms in total. The van der Waals surface area contributed by atoms with Gasteiger partial charge in [0.05, 0.1) is 0 Å². The van der Waals surface area contributed by atoms with E-state index in [2.05, 4.69) is 12.2 Å². The molecule has 1 aromatic rings. The van der Waals surface area contributed by atoms with Crippen LogP contribution in [0.4, 0.5) is 0 Å². The van der Waals surface area contributed by atoms with Crippen LogP contribution < -0.4 is 5.32 Å². The lowest BCUT2D eigenvalue weighted by Gasteiger charge is -2.01. The quantitative estimate of drug-likeness (QED) is 0.751. The van der Waals surface area contributed by atoms with Crippen LogP contribution in [-0.4, -0.2) is 13.0 Å². The molecule has 1 amide bonds. The molecule has 0 aliphatic heterocycles. The zero-order valence-corrected chi connectivity index (χ0v) is 8.13. The van der Waals surface area contributed by atoms with E-state index in [-0.39, 0.29) is 5.91 Å². The molecule has 1 aromatic carbocycles. The van der Waals surface area contributed by atoms with Crippen molar-refractivity contribution in [3.63, 3.8) is 0 Å². The molecule has 0 aromatic heterocycles. The first-order chi connectivity index (χ1) is 6.27. The molecule has 0 atom stereocenters. The van der Waals surface area contributed by atoms with Gasteiger partial charge in [-0.05, 0) is 24.1 Å². The topological polar surface area (TPSA) is 29.1 Å². The van der Waals surface area contributed by atoms with Gasteiger partial charge >= 0.3 is 0 Å². The van der Waals surface area contributed by atoms with Crippen LogP contribution in [0.5, 0.6) is 0 Å². The van der Waals surface area contributed by atoms with Crippen molar-refractivity contribution in [2.75, 3.05) is 7.05 Å². The lowest BCUT2D eigenvalue weighted by molar-refractivity contribution is 0.0963. The molecule has 0 radical (unpaired) electrons. The largest absolute Gasteiger partial charge is 0.355 e. The van der Waals surface area contributed by atoms with Crippen LogP contribution in [0.2, 0.25) is 0 Å². The number of hydrogen-bond donors (Lipinski definition) is 1. The van der Waals surface area contributed by atoms with Crippen LogP contribution >= 0.6 is 0 Å². The molecular formula is C11H15NO. The Morgan fingerprint density at radius 2 is 1.92 bits per heavy atom. The van der Waals surface area contributed by atoms with Crippen molar-refractivity contribution in [2.45, 2.75) is 19.8 Å². The standard InChI is InChI=1S/C11H15NO/c1-3-4-9-5-7-10(8-6-9)11(13)12-2/h5-8H,3-4H2,1-2H3,(H,12,13). The number of carbonyl (C=O) groups excluding carboxylic acids is 1. The first kappa shape index (κ1) is 9.78. The van der Waals surface area contributed by atoms with Gasteiger partial charge in [-0.15, -0.1) is 0 Å². The Hall–Kier alpha value is -1.31. The summed E-state index contributed by atoms with van der Waals surface area (Å²) in [6.45, 7) is 2.15. The molecule has 1 rings (SSSR count). The van der Waals surface area contributed by atoms with Crippen molar-refractivity contribution in [3.05, 3.63) is 35.4 Å².